The Morgan fingerprint density at radius 3 is 2.12 bits per heavy atom. The largest absolute Gasteiger partial charge is 0.481 e. The highest BCUT2D eigenvalue weighted by Gasteiger charge is 2.27. The molecule has 3 amide bonds. The third-order valence-electron chi connectivity index (χ3n) is 4.59. The lowest BCUT2D eigenvalue weighted by molar-refractivity contribution is -0.143. The van der Waals surface area contributed by atoms with Gasteiger partial charge in [-0.15, -0.1) is 0 Å². The fourth-order valence-electron chi connectivity index (χ4n) is 2.80. The predicted octanol–water partition coefficient (Wildman–Crippen LogP) is -0.752. The van der Waals surface area contributed by atoms with Crippen molar-refractivity contribution in [1.29, 1.82) is 0 Å². The molecule has 3 unspecified atom stereocenters. The third kappa shape index (κ3) is 9.56. The van der Waals surface area contributed by atoms with E-state index in [2.05, 4.69) is 16.0 Å². The highest BCUT2D eigenvalue weighted by Crippen LogP contribution is 2.05. The van der Waals surface area contributed by atoms with E-state index in [-0.39, 0.29) is 18.8 Å². The normalized spacial score (nSPS) is 13.5. The molecule has 1 aromatic rings. The van der Waals surface area contributed by atoms with Crippen LogP contribution in [-0.2, 0) is 30.4 Å². The van der Waals surface area contributed by atoms with E-state index in [0.717, 1.165) is 5.56 Å². The minimum absolute atomic E-state index is 0.286. The fraction of sp³-hybridized carbons (Fsp3) is 0.476. The molecular weight excluding hydrogens is 420 g/mol. The van der Waals surface area contributed by atoms with E-state index < -0.39 is 60.8 Å². The number of nitrogens with one attached hydrogen (secondary N) is 3. The van der Waals surface area contributed by atoms with E-state index >= 15 is 0 Å². The zero-order valence-corrected chi connectivity index (χ0v) is 18.0. The van der Waals surface area contributed by atoms with Gasteiger partial charge in [-0.25, -0.2) is 4.79 Å². The molecule has 0 fully saturated rings. The molecule has 0 aliphatic carbocycles. The second-order valence-electron chi connectivity index (χ2n) is 7.64. The monoisotopic (exact) mass is 450 g/mol. The van der Waals surface area contributed by atoms with Crippen LogP contribution in [0.1, 0.15) is 32.3 Å². The second kappa shape index (κ2) is 13.1. The van der Waals surface area contributed by atoms with Crippen LogP contribution in [0.2, 0.25) is 0 Å². The van der Waals surface area contributed by atoms with Crippen LogP contribution in [0.4, 0.5) is 0 Å². The predicted molar refractivity (Wildman–Crippen MR) is 114 cm³/mol. The summed E-state index contributed by atoms with van der Waals surface area (Å²) in [5.41, 5.74) is 6.82. The number of carboxylic acids is 2. The van der Waals surface area contributed by atoms with Crippen molar-refractivity contribution in [3.8, 4) is 0 Å². The summed E-state index contributed by atoms with van der Waals surface area (Å²) in [6, 6.07) is 5.93. The molecule has 0 radical (unpaired) electrons. The Kier molecular flexibility index (Phi) is 10.8. The Morgan fingerprint density at radius 2 is 1.59 bits per heavy atom. The smallest absolute Gasteiger partial charge is 0.326 e. The lowest BCUT2D eigenvalue weighted by Crippen LogP contribution is -2.55. The van der Waals surface area contributed by atoms with Gasteiger partial charge in [-0.1, -0.05) is 44.2 Å². The zero-order valence-electron chi connectivity index (χ0n) is 18.0. The molecular formula is C21H30N4O7. The highest BCUT2D eigenvalue weighted by atomic mass is 16.4. The first-order chi connectivity index (χ1) is 15.0. The molecule has 1 aromatic carbocycles. The Hall–Kier alpha value is -3.47. The maximum Gasteiger partial charge on any atom is 0.326 e. The minimum Gasteiger partial charge on any atom is -0.481 e. The van der Waals surface area contributed by atoms with Crippen molar-refractivity contribution in [2.24, 2.45) is 11.7 Å². The van der Waals surface area contributed by atoms with E-state index in [1.54, 1.807) is 13.8 Å². The molecule has 11 nitrogen and oxygen atoms in total. The standard InChI is InChI=1S/C21H30N4O7/c1-12(2)18(25-19(29)14(22)10-13-6-4-3-5-7-13)20(30)23-11-16(26)24-15(21(31)32)8-9-17(27)28/h3-7,12,14-15,18H,8-11,22H2,1-2H3,(H,23,30)(H,24,26)(H,25,29)(H,27,28)(H,31,32). The number of benzene rings is 1. The molecule has 0 aromatic heterocycles. The highest BCUT2D eigenvalue weighted by molar-refractivity contribution is 5.92. The van der Waals surface area contributed by atoms with Crippen molar-refractivity contribution in [2.45, 2.75) is 51.2 Å². The van der Waals surface area contributed by atoms with Crippen LogP contribution in [0, 0.1) is 5.92 Å². The molecule has 32 heavy (non-hydrogen) atoms. The number of hydrogen-bond donors (Lipinski definition) is 6. The Balaban J connectivity index is 2.60. The van der Waals surface area contributed by atoms with E-state index in [0.29, 0.717) is 0 Å². The van der Waals surface area contributed by atoms with Gasteiger partial charge >= 0.3 is 11.9 Å². The number of carboxylic acid groups (broad SMARTS) is 2. The van der Waals surface area contributed by atoms with Crippen molar-refractivity contribution in [3.05, 3.63) is 35.9 Å². The number of carbonyl (C=O) groups excluding carboxylic acids is 3. The van der Waals surface area contributed by atoms with Crippen molar-refractivity contribution in [3.63, 3.8) is 0 Å². The number of aliphatic carboxylic acids is 2. The van der Waals surface area contributed by atoms with Gasteiger partial charge in [0.05, 0.1) is 12.6 Å². The molecule has 0 spiro atoms. The quantitative estimate of drug-likeness (QED) is 0.226. The van der Waals surface area contributed by atoms with Gasteiger partial charge in [-0.05, 0) is 24.3 Å². The topological polar surface area (TPSA) is 188 Å². The Morgan fingerprint density at radius 1 is 0.969 bits per heavy atom. The first kappa shape index (κ1) is 26.6. The summed E-state index contributed by atoms with van der Waals surface area (Å²) in [5, 5.41) is 24.8. The number of amides is 3. The summed E-state index contributed by atoms with van der Waals surface area (Å²) < 4.78 is 0. The lowest BCUT2D eigenvalue weighted by Gasteiger charge is -2.23. The molecule has 3 atom stereocenters. The summed E-state index contributed by atoms with van der Waals surface area (Å²) in [7, 11) is 0. The van der Waals surface area contributed by atoms with Gasteiger partial charge in [-0.3, -0.25) is 19.2 Å². The summed E-state index contributed by atoms with van der Waals surface area (Å²) in [5.74, 6) is -4.84. The van der Waals surface area contributed by atoms with Crippen LogP contribution < -0.4 is 21.7 Å². The van der Waals surface area contributed by atoms with Crippen molar-refractivity contribution < 1.29 is 34.2 Å². The maximum absolute atomic E-state index is 12.5. The summed E-state index contributed by atoms with van der Waals surface area (Å²) in [4.78, 5) is 58.7. The first-order valence-electron chi connectivity index (χ1n) is 10.1. The SMILES string of the molecule is CC(C)C(NC(=O)C(N)Cc1ccccc1)C(=O)NCC(=O)NC(CCC(=O)O)C(=O)O. The zero-order chi connectivity index (χ0) is 24.3. The van der Waals surface area contributed by atoms with Crippen LogP contribution in [0.15, 0.2) is 30.3 Å². The maximum atomic E-state index is 12.5. The van der Waals surface area contributed by atoms with Crippen LogP contribution in [0.25, 0.3) is 0 Å². The number of rotatable bonds is 13. The summed E-state index contributed by atoms with van der Waals surface area (Å²) in [6.45, 7) is 2.88. The second-order valence-corrected chi connectivity index (χ2v) is 7.64. The third-order valence-corrected chi connectivity index (χ3v) is 4.59. The number of carbonyl (C=O) groups is 5. The van der Waals surface area contributed by atoms with Crippen LogP contribution >= 0.6 is 0 Å². The van der Waals surface area contributed by atoms with E-state index in [4.69, 9.17) is 15.9 Å². The average Bonchev–Trinajstić information content (AvgIpc) is 2.73. The van der Waals surface area contributed by atoms with Gasteiger partial charge in [0.25, 0.3) is 0 Å². The van der Waals surface area contributed by atoms with E-state index in [9.17, 15) is 24.0 Å². The van der Waals surface area contributed by atoms with Gasteiger partial charge < -0.3 is 31.9 Å². The molecule has 0 saturated carbocycles. The molecule has 0 bridgehead atoms. The Labute approximate surface area is 185 Å². The molecule has 1 rings (SSSR count). The van der Waals surface area contributed by atoms with Crippen LogP contribution in [0.5, 0.6) is 0 Å². The molecule has 0 heterocycles. The van der Waals surface area contributed by atoms with Gasteiger partial charge in [0.15, 0.2) is 0 Å². The minimum atomic E-state index is -1.40. The van der Waals surface area contributed by atoms with E-state index in [1.807, 2.05) is 30.3 Å². The molecule has 0 aliphatic rings. The van der Waals surface area contributed by atoms with Crippen LogP contribution in [-0.4, -0.2) is 64.5 Å². The van der Waals surface area contributed by atoms with Gasteiger partial charge in [-0.2, -0.15) is 0 Å². The number of nitrogens with two attached hydrogens (primary N) is 1. The van der Waals surface area contributed by atoms with Crippen LogP contribution in [0.3, 0.4) is 0 Å². The molecule has 11 heteroatoms. The van der Waals surface area contributed by atoms with Crippen molar-refractivity contribution in [1.82, 2.24) is 16.0 Å². The van der Waals surface area contributed by atoms with Gasteiger partial charge in [0.1, 0.15) is 12.1 Å². The van der Waals surface area contributed by atoms with E-state index in [1.165, 1.54) is 0 Å². The lowest BCUT2D eigenvalue weighted by atomic mass is 10.0. The summed E-state index contributed by atoms with van der Waals surface area (Å²) in [6.07, 6.45) is -0.447. The number of hydrogen-bond acceptors (Lipinski definition) is 6. The van der Waals surface area contributed by atoms with Gasteiger partial charge in [0, 0.05) is 6.42 Å². The van der Waals surface area contributed by atoms with Crippen molar-refractivity contribution in [2.75, 3.05) is 6.54 Å². The molecule has 7 N–H and O–H groups in total. The molecule has 0 saturated heterocycles. The van der Waals surface area contributed by atoms with Crippen molar-refractivity contribution >= 4 is 29.7 Å². The average molecular weight is 450 g/mol. The first-order valence-corrected chi connectivity index (χ1v) is 10.1. The molecule has 0 aliphatic heterocycles. The van der Waals surface area contributed by atoms with Gasteiger partial charge in [0.2, 0.25) is 17.7 Å². The Bertz CT molecular complexity index is 814. The molecule has 176 valence electrons. The fourth-order valence-corrected chi connectivity index (χ4v) is 2.80. The summed E-state index contributed by atoms with van der Waals surface area (Å²) >= 11 is 0.